The molecule has 2 heterocycles. The van der Waals surface area contributed by atoms with Crippen LogP contribution in [0.15, 0.2) is 30.9 Å². The standard InChI is InChI=1S/C14H19N5O/c1-3-5-17-14(10-8-16-6-4-11(10)15)12-7-13(20-2)19-9-18-12/h4,6-9,14,17H,3,5H2,1-2H3,(H2,15,16). The summed E-state index contributed by atoms with van der Waals surface area (Å²) in [5.74, 6) is 0.528. The van der Waals surface area contributed by atoms with E-state index in [1.807, 2.05) is 0 Å². The van der Waals surface area contributed by atoms with Gasteiger partial charge in [-0.25, -0.2) is 9.97 Å². The lowest BCUT2D eigenvalue weighted by molar-refractivity contribution is 0.394. The molecule has 0 fully saturated rings. The first-order valence-electron chi connectivity index (χ1n) is 6.55. The number of pyridine rings is 1. The second kappa shape index (κ2) is 6.81. The summed E-state index contributed by atoms with van der Waals surface area (Å²) in [5, 5.41) is 3.43. The van der Waals surface area contributed by atoms with E-state index in [1.165, 1.54) is 6.33 Å². The van der Waals surface area contributed by atoms with Gasteiger partial charge in [-0.3, -0.25) is 4.98 Å². The Kier molecular flexibility index (Phi) is 4.84. The van der Waals surface area contributed by atoms with Crippen LogP contribution in [0.2, 0.25) is 0 Å². The molecule has 0 spiro atoms. The molecule has 0 aliphatic rings. The zero-order chi connectivity index (χ0) is 14.4. The molecule has 20 heavy (non-hydrogen) atoms. The van der Waals surface area contributed by atoms with Crippen LogP contribution in [0.4, 0.5) is 5.69 Å². The Balaban J connectivity index is 2.38. The van der Waals surface area contributed by atoms with Crippen molar-refractivity contribution in [2.75, 3.05) is 19.4 Å². The molecule has 0 aliphatic heterocycles. The maximum Gasteiger partial charge on any atom is 0.216 e. The molecule has 1 atom stereocenters. The van der Waals surface area contributed by atoms with Crippen molar-refractivity contribution < 1.29 is 4.74 Å². The number of aromatic nitrogens is 3. The van der Waals surface area contributed by atoms with Gasteiger partial charge in [-0.2, -0.15) is 0 Å². The summed E-state index contributed by atoms with van der Waals surface area (Å²) in [6.07, 6.45) is 5.94. The molecule has 2 aromatic rings. The van der Waals surface area contributed by atoms with Crippen molar-refractivity contribution in [2.24, 2.45) is 0 Å². The van der Waals surface area contributed by atoms with E-state index < -0.39 is 0 Å². The van der Waals surface area contributed by atoms with E-state index >= 15 is 0 Å². The Morgan fingerprint density at radius 2 is 2.25 bits per heavy atom. The third-order valence-electron chi connectivity index (χ3n) is 2.96. The first-order valence-corrected chi connectivity index (χ1v) is 6.55. The molecule has 1 unspecified atom stereocenters. The van der Waals surface area contributed by atoms with Gasteiger partial charge < -0.3 is 15.8 Å². The highest BCUT2D eigenvalue weighted by atomic mass is 16.5. The lowest BCUT2D eigenvalue weighted by atomic mass is 10.0. The monoisotopic (exact) mass is 273 g/mol. The quantitative estimate of drug-likeness (QED) is 0.830. The predicted octanol–water partition coefficient (Wildman–Crippen LogP) is 1.55. The van der Waals surface area contributed by atoms with Gasteiger partial charge in [-0.15, -0.1) is 0 Å². The van der Waals surface area contributed by atoms with Gasteiger partial charge in [0.25, 0.3) is 0 Å². The average Bonchev–Trinajstić information content (AvgIpc) is 2.49. The topological polar surface area (TPSA) is 86.0 Å². The van der Waals surface area contributed by atoms with Crippen LogP contribution in [0.25, 0.3) is 0 Å². The number of methoxy groups -OCH3 is 1. The number of hydrogen-bond donors (Lipinski definition) is 2. The summed E-state index contributed by atoms with van der Waals surface area (Å²) in [4.78, 5) is 12.5. The number of nitrogen functional groups attached to an aromatic ring is 1. The number of hydrogen-bond acceptors (Lipinski definition) is 6. The molecule has 0 radical (unpaired) electrons. The zero-order valence-corrected chi connectivity index (χ0v) is 11.7. The van der Waals surface area contributed by atoms with E-state index in [0.717, 1.165) is 24.2 Å². The fraction of sp³-hybridized carbons (Fsp3) is 0.357. The third-order valence-corrected chi connectivity index (χ3v) is 2.96. The highest BCUT2D eigenvalue weighted by Gasteiger charge is 2.18. The van der Waals surface area contributed by atoms with E-state index in [4.69, 9.17) is 10.5 Å². The van der Waals surface area contributed by atoms with Gasteiger partial charge in [-0.1, -0.05) is 6.92 Å². The zero-order valence-electron chi connectivity index (χ0n) is 11.7. The Labute approximate surface area is 118 Å². The van der Waals surface area contributed by atoms with Crippen molar-refractivity contribution >= 4 is 5.69 Å². The van der Waals surface area contributed by atoms with Crippen LogP contribution in [0, 0.1) is 0 Å². The van der Waals surface area contributed by atoms with Crippen LogP contribution >= 0.6 is 0 Å². The third kappa shape index (κ3) is 3.21. The van der Waals surface area contributed by atoms with Crippen LogP contribution in [0.5, 0.6) is 5.88 Å². The smallest absolute Gasteiger partial charge is 0.216 e. The highest BCUT2D eigenvalue weighted by Crippen LogP contribution is 2.25. The van der Waals surface area contributed by atoms with Gasteiger partial charge in [0.15, 0.2) is 0 Å². The van der Waals surface area contributed by atoms with E-state index in [0.29, 0.717) is 11.6 Å². The average molecular weight is 273 g/mol. The molecule has 2 aromatic heterocycles. The first kappa shape index (κ1) is 14.2. The van der Waals surface area contributed by atoms with Crippen LogP contribution in [0.3, 0.4) is 0 Å². The number of rotatable bonds is 6. The number of nitrogens with zero attached hydrogens (tertiary/aromatic N) is 3. The molecule has 0 aromatic carbocycles. The SMILES string of the molecule is CCCNC(c1cc(OC)ncn1)c1cnccc1N. The molecule has 0 saturated heterocycles. The Morgan fingerprint density at radius 3 is 2.95 bits per heavy atom. The molecule has 6 nitrogen and oxygen atoms in total. The molecular weight excluding hydrogens is 254 g/mol. The van der Waals surface area contributed by atoms with Crippen molar-refractivity contribution in [3.05, 3.63) is 42.1 Å². The molecule has 0 aliphatic carbocycles. The lowest BCUT2D eigenvalue weighted by Gasteiger charge is -2.19. The Morgan fingerprint density at radius 1 is 1.40 bits per heavy atom. The van der Waals surface area contributed by atoms with E-state index in [9.17, 15) is 0 Å². The maximum atomic E-state index is 6.05. The summed E-state index contributed by atoms with van der Waals surface area (Å²) in [6, 6.07) is 3.47. The number of nitrogens with two attached hydrogens (primary N) is 1. The van der Waals surface area contributed by atoms with E-state index in [2.05, 4.69) is 27.2 Å². The first-order chi connectivity index (χ1) is 9.76. The molecule has 0 amide bonds. The normalized spacial score (nSPS) is 12.1. The second-order valence-corrected chi connectivity index (χ2v) is 4.38. The fourth-order valence-electron chi connectivity index (χ4n) is 1.94. The largest absolute Gasteiger partial charge is 0.481 e. The summed E-state index contributed by atoms with van der Waals surface area (Å²) in [5.41, 5.74) is 8.45. The lowest BCUT2D eigenvalue weighted by Crippen LogP contribution is -2.25. The van der Waals surface area contributed by atoms with Gasteiger partial charge in [0.2, 0.25) is 5.88 Å². The summed E-state index contributed by atoms with van der Waals surface area (Å²) >= 11 is 0. The van der Waals surface area contributed by atoms with E-state index in [-0.39, 0.29) is 6.04 Å². The summed E-state index contributed by atoms with van der Waals surface area (Å²) < 4.78 is 5.15. The van der Waals surface area contributed by atoms with Gasteiger partial charge >= 0.3 is 0 Å². The van der Waals surface area contributed by atoms with Crippen LogP contribution in [-0.4, -0.2) is 28.6 Å². The number of nitrogens with one attached hydrogen (secondary N) is 1. The molecule has 3 N–H and O–H groups in total. The van der Waals surface area contributed by atoms with Gasteiger partial charge in [0.1, 0.15) is 6.33 Å². The molecule has 0 saturated carbocycles. The Hall–Kier alpha value is -2.21. The van der Waals surface area contributed by atoms with Gasteiger partial charge in [0, 0.05) is 29.7 Å². The summed E-state index contributed by atoms with van der Waals surface area (Å²) in [6.45, 7) is 2.96. The minimum Gasteiger partial charge on any atom is -0.481 e. The molecular formula is C14H19N5O. The van der Waals surface area contributed by atoms with Crippen molar-refractivity contribution in [2.45, 2.75) is 19.4 Å². The van der Waals surface area contributed by atoms with Gasteiger partial charge in [0.05, 0.1) is 18.8 Å². The van der Waals surface area contributed by atoms with Crippen LogP contribution in [-0.2, 0) is 0 Å². The minimum atomic E-state index is -0.124. The van der Waals surface area contributed by atoms with Crippen molar-refractivity contribution in [3.8, 4) is 5.88 Å². The summed E-state index contributed by atoms with van der Waals surface area (Å²) in [7, 11) is 1.58. The van der Waals surface area contributed by atoms with Gasteiger partial charge in [-0.05, 0) is 19.0 Å². The highest BCUT2D eigenvalue weighted by molar-refractivity contribution is 5.48. The number of ether oxygens (including phenoxy) is 1. The van der Waals surface area contributed by atoms with Crippen molar-refractivity contribution in [1.82, 2.24) is 20.3 Å². The molecule has 106 valence electrons. The maximum absolute atomic E-state index is 6.05. The molecule has 2 rings (SSSR count). The second-order valence-electron chi connectivity index (χ2n) is 4.38. The van der Waals surface area contributed by atoms with Crippen LogP contribution < -0.4 is 15.8 Å². The number of anilines is 1. The molecule has 0 bridgehead atoms. The molecule has 6 heteroatoms. The fourth-order valence-corrected chi connectivity index (χ4v) is 1.94. The van der Waals surface area contributed by atoms with Crippen molar-refractivity contribution in [3.63, 3.8) is 0 Å². The minimum absolute atomic E-state index is 0.124. The van der Waals surface area contributed by atoms with E-state index in [1.54, 1.807) is 31.6 Å². The van der Waals surface area contributed by atoms with Crippen molar-refractivity contribution in [1.29, 1.82) is 0 Å². The Bertz CT molecular complexity index is 561. The predicted molar refractivity (Wildman–Crippen MR) is 77.4 cm³/mol. The van der Waals surface area contributed by atoms with Crippen LogP contribution in [0.1, 0.15) is 30.6 Å².